The molecule has 1 fully saturated rings. The molecule has 0 spiro atoms. The van der Waals surface area contributed by atoms with Crippen LogP contribution in [0.4, 0.5) is 5.69 Å². The Kier molecular flexibility index (Phi) is 6.62. The first kappa shape index (κ1) is 18.4. The van der Waals surface area contributed by atoms with Gasteiger partial charge >= 0.3 is 0 Å². The summed E-state index contributed by atoms with van der Waals surface area (Å²) in [5.74, 6) is -0.0412. The monoisotopic (exact) mass is 382 g/mol. The summed E-state index contributed by atoms with van der Waals surface area (Å²) in [6.07, 6.45) is 3.72. The van der Waals surface area contributed by atoms with Gasteiger partial charge in [0.1, 0.15) is 0 Å². The molecule has 1 aliphatic rings. The van der Waals surface area contributed by atoms with Gasteiger partial charge in [0.2, 0.25) is 5.91 Å². The first-order valence-electron chi connectivity index (χ1n) is 8.39. The van der Waals surface area contributed by atoms with Gasteiger partial charge < -0.3 is 10.4 Å². The number of hydrogen-bond acceptors (Lipinski definition) is 3. The average molecular weight is 383 g/mol. The van der Waals surface area contributed by atoms with Gasteiger partial charge in [-0.1, -0.05) is 22.9 Å². The molecule has 5 heteroatoms. The van der Waals surface area contributed by atoms with Gasteiger partial charge in [0.05, 0.1) is 6.10 Å². The van der Waals surface area contributed by atoms with Crippen LogP contribution in [0.15, 0.2) is 16.6 Å². The first-order valence-corrected chi connectivity index (χ1v) is 9.18. The van der Waals surface area contributed by atoms with Crippen LogP contribution in [0.5, 0.6) is 0 Å². The molecule has 128 valence electrons. The van der Waals surface area contributed by atoms with Crippen molar-refractivity contribution in [2.45, 2.75) is 65.1 Å². The van der Waals surface area contributed by atoms with Crippen molar-refractivity contribution in [1.29, 1.82) is 0 Å². The Hall–Kier alpha value is -0.910. The highest BCUT2D eigenvalue weighted by atomic mass is 79.9. The Balaban J connectivity index is 2.20. The number of amides is 1. The molecule has 0 unspecified atom stereocenters. The van der Waals surface area contributed by atoms with E-state index < -0.39 is 0 Å². The van der Waals surface area contributed by atoms with E-state index in [1.54, 1.807) is 6.92 Å². The van der Waals surface area contributed by atoms with E-state index >= 15 is 0 Å². The van der Waals surface area contributed by atoms with Gasteiger partial charge in [-0.25, -0.2) is 0 Å². The van der Waals surface area contributed by atoms with Crippen LogP contribution < -0.4 is 5.32 Å². The minimum Gasteiger partial charge on any atom is -0.393 e. The second kappa shape index (κ2) is 8.27. The van der Waals surface area contributed by atoms with E-state index in [9.17, 15) is 9.90 Å². The number of carbonyl (C=O) groups is 1. The van der Waals surface area contributed by atoms with Gasteiger partial charge in [0, 0.05) is 29.7 Å². The Morgan fingerprint density at radius 1 is 1.35 bits per heavy atom. The maximum atomic E-state index is 11.5. The van der Waals surface area contributed by atoms with E-state index in [-0.39, 0.29) is 12.0 Å². The number of anilines is 1. The molecule has 1 amide bonds. The van der Waals surface area contributed by atoms with Crippen molar-refractivity contribution >= 4 is 27.5 Å². The molecule has 0 aromatic heterocycles. The second-order valence-electron chi connectivity index (χ2n) is 6.46. The molecule has 0 heterocycles. The highest BCUT2D eigenvalue weighted by molar-refractivity contribution is 9.10. The predicted molar refractivity (Wildman–Crippen MR) is 97.5 cm³/mol. The van der Waals surface area contributed by atoms with Gasteiger partial charge in [-0.2, -0.15) is 0 Å². The molecule has 2 N–H and O–H groups in total. The molecule has 0 bridgehead atoms. The summed E-state index contributed by atoms with van der Waals surface area (Å²) in [7, 11) is 0. The third-order valence-corrected chi connectivity index (χ3v) is 5.10. The molecule has 1 aromatic carbocycles. The zero-order chi connectivity index (χ0) is 17.0. The molecule has 1 saturated carbocycles. The van der Waals surface area contributed by atoms with Crippen molar-refractivity contribution in [3.63, 3.8) is 0 Å². The van der Waals surface area contributed by atoms with Crippen LogP contribution in [0.2, 0.25) is 0 Å². The van der Waals surface area contributed by atoms with Gasteiger partial charge in [0.15, 0.2) is 0 Å². The fraction of sp³-hybridized carbons (Fsp3) is 0.611. The highest BCUT2D eigenvalue weighted by Crippen LogP contribution is 2.30. The molecular weight excluding hydrogens is 356 g/mol. The van der Waals surface area contributed by atoms with Gasteiger partial charge in [-0.15, -0.1) is 0 Å². The number of hydrogen-bond donors (Lipinski definition) is 2. The molecule has 0 atom stereocenters. The number of nitrogens with zero attached hydrogens (tertiary/aromatic N) is 1. The lowest BCUT2D eigenvalue weighted by Gasteiger charge is -2.35. The summed E-state index contributed by atoms with van der Waals surface area (Å²) in [6.45, 7) is 7.52. The predicted octanol–water partition coefficient (Wildman–Crippen LogP) is 3.84. The Bertz CT molecular complexity index is 554. The minimum atomic E-state index is -0.131. The molecule has 1 aliphatic carbocycles. The minimum absolute atomic E-state index is 0.0412. The summed E-state index contributed by atoms with van der Waals surface area (Å²) in [4.78, 5) is 14.0. The van der Waals surface area contributed by atoms with Gasteiger partial charge in [0.25, 0.3) is 0 Å². The maximum Gasteiger partial charge on any atom is 0.221 e. The number of rotatable bonds is 5. The summed E-state index contributed by atoms with van der Waals surface area (Å²) in [5, 5.41) is 12.7. The van der Waals surface area contributed by atoms with E-state index in [0.717, 1.165) is 60.1 Å². The highest BCUT2D eigenvalue weighted by Gasteiger charge is 2.25. The zero-order valence-corrected chi connectivity index (χ0v) is 15.8. The molecule has 1 aromatic rings. The van der Waals surface area contributed by atoms with Crippen LogP contribution in [0.3, 0.4) is 0 Å². The molecular formula is C18H27BrN2O2. The molecule has 4 nitrogen and oxygen atoms in total. The summed E-state index contributed by atoms with van der Waals surface area (Å²) >= 11 is 3.56. The smallest absolute Gasteiger partial charge is 0.221 e. The van der Waals surface area contributed by atoms with Crippen molar-refractivity contribution in [2.24, 2.45) is 0 Å². The van der Waals surface area contributed by atoms with Gasteiger partial charge in [-0.3, -0.25) is 9.69 Å². The lowest BCUT2D eigenvalue weighted by molar-refractivity contribution is -0.114. The number of halogens is 1. The van der Waals surface area contributed by atoms with Crippen LogP contribution in [0, 0.1) is 6.92 Å². The molecule has 2 rings (SSSR count). The van der Waals surface area contributed by atoms with E-state index in [4.69, 9.17) is 0 Å². The Morgan fingerprint density at radius 2 is 2.00 bits per heavy atom. The number of aryl methyl sites for hydroxylation is 1. The lowest BCUT2D eigenvalue weighted by Crippen LogP contribution is -2.38. The third-order valence-electron chi connectivity index (χ3n) is 4.65. The van der Waals surface area contributed by atoms with Crippen molar-refractivity contribution in [1.82, 2.24) is 4.90 Å². The van der Waals surface area contributed by atoms with Gasteiger partial charge in [-0.05, 0) is 62.4 Å². The molecule has 23 heavy (non-hydrogen) atoms. The van der Waals surface area contributed by atoms with Crippen molar-refractivity contribution < 1.29 is 9.90 Å². The summed E-state index contributed by atoms with van der Waals surface area (Å²) in [5.41, 5.74) is 3.13. The van der Waals surface area contributed by atoms with Crippen LogP contribution in [0.25, 0.3) is 0 Å². The SMILES string of the molecule is CCN(Cc1cc(Br)cc(C)c1NC(C)=O)C1CCC(O)CC1. The van der Waals surface area contributed by atoms with E-state index in [0.29, 0.717) is 6.04 Å². The van der Waals surface area contributed by atoms with Crippen LogP contribution in [0.1, 0.15) is 50.7 Å². The topological polar surface area (TPSA) is 52.6 Å². The van der Waals surface area contributed by atoms with Crippen LogP contribution in [-0.2, 0) is 11.3 Å². The fourth-order valence-corrected chi connectivity index (χ4v) is 4.05. The Morgan fingerprint density at radius 3 is 2.57 bits per heavy atom. The summed E-state index contributed by atoms with van der Waals surface area (Å²) < 4.78 is 1.04. The number of aliphatic hydroxyl groups is 1. The number of carbonyl (C=O) groups excluding carboxylic acids is 1. The Labute approximate surface area is 147 Å². The largest absolute Gasteiger partial charge is 0.393 e. The first-order chi connectivity index (χ1) is 10.9. The third kappa shape index (κ3) is 5.03. The molecule has 0 radical (unpaired) electrons. The maximum absolute atomic E-state index is 11.5. The molecule has 0 aliphatic heterocycles. The van der Waals surface area contributed by atoms with Crippen molar-refractivity contribution in [3.05, 3.63) is 27.7 Å². The van der Waals surface area contributed by atoms with Crippen LogP contribution >= 0.6 is 15.9 Å². The zero-order valence-electron chi connectivity index (χ0n) is 14.2. The summed E-state index contributed by atoms with van der Waals surface area (Å²) in [6, 6.07) is 4.63. The van der Waals surface area contributed by atoms with Crippen LogP contribution in [-0.4, -0.2) is 34.6 Å². The number of benzene rings is 1. The van der Waals surface area contributed by atoms with Crippen molar-refractivity contribution in [3.8, 4) is 0 Å². The quantitative estimate of drug-likeness (QED) is 0.812. The van der Waals surface area contributed by atoms with E-state index in [1.165, 1.54) is 0 Å². The lowest BCUT2D eigenvalue weighted by atomic mass is 9.91. The normalized spacial score (nSPS) is 21.5. The van der Waals surface area contributed by atoms with Crippen molar-refractivity contribution in [2.75, 3.05) is 11.9 Å². The fourth-order valence-electron chi connectivity index (χ4n) is 3.43. The van der Waals surface area contributed by atoms with E-state index in [2.05, 4.69) is 39.1 Å². The number of aliphatic hydroxyl groups excluding tert-OH is 1. The van der Waals surface area contributed by atoms with E-state index in [1.807, 2.05) is 13.0 Å². The number of nitrogens with one attached hydrogen (secondary N) is 1. The second-order valence-corrected chi connectivity index (χ2v) is 7.38. The standard InChI is InChI=1S/C18H27BrN2O2/c1-4-21(16-5-7-17(23)8-6-16)11-14-10-15(19)9-12(2)18(14)20-13(3)22/h9-10,16-17,23H,4-8,11H2,1-3H3,(H,20,22). The average Bonchev–Trinajstić information content (AvgIpc) is 2.49. The molecule has 0 saturated heterocycles.